The van der Waals surface area contributed by atoms with Gasteiger partial charge in [0.1, 0.15) is 17.6 Å². The topological polar surface area (TPSA) is 77.8 Å². The molecule has 1 fully saturated rings. The Hall–Kier alpha value is -2.32. The van der Waals surface area contributed by atoms with Crippen molar-refractivity contribution in [2.75, 3.05) is 25.4 Å². The first kappa shape index (κ1) is 19.4. The van der Waals surface area contributed by atoms with E-state index in [0.29, 0.717) is 31.9 Å². The number of hydrogen-bond donors (Lipinski definition) is 0. The fourth-order valence-corrected chi connectivity index (χ4v) is 4.30. The van der Waals surface area contributed by atoms with Crippen LogP contribution in [0, 0.1) is 6.92 Å². The standard InChI is InChI=1S/C19H24N2O5S/c1-15-11-17(12-19(22)20(15)2)26-18-13-21(14-18)27(23,24)10-6-9-25-16-7-4-3-5-8-16/h3-5,7-8,11-12,18H,6,9-10,13-14H2,1-2H3. The zero-order valence-corrected chi connectivity index (χ0v) is 16.3. The summed E-state index contributed by atoms with van der Waals surface area (Å²) in [6.45, 7) is 2.78. The van der Waals surface area contributed by atoms with Crippen molar-refractivity contribution in [2.24, 2.45) is 7.05 Å². The number of nitrogens with zero attached hydrogens (tertiary/aromatic N) is 2. The Labute approximate surface area is 159 Å². The van der Waals surface area contributed by atoms with Crippen LogP contribution < -0.4 is 15.0 Å². The molecule has 8 heteroatoms. The number of rotatable bonds is 8. The van der Waals surface area contributed by atoms with Crippen molar-refractivity contribution in [2.45, 2.75) is 19.4 Å². The molecular weight excluding hydrogens is 368 g/mol. The third kappa shape index (κ3) is 4.90. The van der Waals surface area contributed by atoms with Gasteiger partial charge in [-0.25, -0.2) is 8.42 Å². The first-order valence-corrected chi connectivity index (χ1v) is 10.5. The lowest BCUT2D eigenvalue weighted by atomic mass is 10.2. The quantitative estimate of drug-likeness (QED) is 0.637. The first-order chi connectivity index (χ1) is 12.8. The minimum Gasteiger partial charge on any atom is -0.494 e. The van der Waals surface area contributed by atoms with Crippen LogP contribution in [0.2, 0.25) is 0 Å². The molecule has 2 aromatic rings. The van der Waals surface area contributed by atoms with Gasteiger partial charge >= 0.3 is 0 Å². The van der Waals surface area contributed by atoms with Gasteiger partial charge in [-0.2, -0.15) is 4.31 Å². The zero-order valence-electron chi connectivity index (χ0n) is 15.5. The van der Waals surface area contributed by atoms with Crippen LogP contribution in [0.3, 0.4) is 0 Å². The molecule has 0 bridgehead atoms. The Morgan fingerprint density at radius 2 is 1.81 bits per heavy atom. The molecule has 0 N–H and O–H groups in total. The van der Waals surface area contributed by atoms with Gasteiger partial charge in [-0.3, -0.25) is 4.79 Å². The Morgan fingerprint density at radius 3 is 2.48 bits per heavy atom. The average molecular weight is 392 g/mol. The number of aromatic nitrogens is 1. The second-order valence-corrected chi connectivity index (χ2v) is 8.71. The maximum Gasteiger partial charge on any atom is 0.254 e. The Balaban J connectivity index is 1.43. The van der Waals surface area contributed by atoms with Crippen molar-refractivity contribution in [3.05, 3.63) is 58.5 Å². The second-order valence-electron chi connectivity index (χ2n) is 6.62. The number of pyridine rings is 1. The molecule has 0 spiro atoms. The van der Waals surface area contributed by atoms with Crippen molar-refractivity contribution in [3.63, 3.8) is 0 Å². The lowest BCUT2D eigenvalue weighted by Crippen LogP contribution is -2.56. The fraction of sp³-hybridized carbons (Fsp3) is 0.421. The molecule has 0 unspecified atom stereocenters. The molecule has 0 radical (unpaired) electrons. The van der Waals surface area contributed by atoms with E-state index < -0.39 is 10.0 Å². The van der Waals surface area contributed by atoms with E-state index in [2.05, 4.69) is 0 Å². The predicted octanol–water partition coefficient (Wildman–Crippen LogP) is 1.56. The number of hydrogen-bond acceptors (Lipinski definition) is 5. The van der Waals surface area contributed by atoms with E-state index in [-0.39, 0.29) is 17.4 Å². The Bertz CT molecular complexity index is 934. The largest absolute Gasteiger partial charge is 0.494 e. The molecule has 2 heterocycles. The lowest BCUT2D eigenvalue weighted by molar-refractivity contribution is 0.0758. The van der Waals surface area contributed by atoms with Gasteiger partial charge in [0, 0.05) is 18.8 Å². The van der Waals surface area contributed by atoms with Gasteiger partial charge in [0.15, 0.2) is 0 Å². The van der Waals surface area contributed by atoms with Crippen LogP contribution in [0.25, 0.3) is 0 Å². The van der Waals surface area contributed by atoms with E-state index in [1.54, 1.807) is 13.1 Å². The zero-order chi connectivity index (χ0) is 19.4. The van der Waals surface area contributed by atoms with E-state index in [0.717, 1.165) is 11.4 Å². The maximum atomic E-state index is 12.3. The van der Waals surface area contributed by atoms with E-state index in [1.165, 1.54) is 14.9 Å². The van der Waals surface area contributed by atoms with Gasteiger partial charge in [-0.1, -0.05) is 18.2 Å². The lowest BCUT2D eigenvalue weighted by Gasteiger charge is -2.37. The van der Waals surface area contributed by atoms with Crippen LogP contribution in [0.1, 0.15) is 12.1 Å². The molecule has 1 aliphatic heterocycles. The monoisotopic (exact) mass is 392 g/mol. The summed E-state index contributed by atoms with van der Waals surface area (Å²) in [7, 11) is -1.62. The molecule has 0 amide bonds. The molecule has 1 aromatic carbocycles. The second kappa shape index (κ2) is 8.14. The molecule has 7 nitrogen and oxygen atoms in total. The van der Waals surface area contributed by atoms with Gasteiger partial charge in [-0.05, 0) is 31.5 Å². The normalized spacial score (nSPS) is 15.3. The predicted molar refractivity (Wildman–Crippen MR) is 103 cm³/mol. The number of benzene rings is 1. The van der Waals surface area contributed by atoms with Crippen LogP contribution in [0.15, 0.2) is 47.3 Å². The number of ether oxygens (including phenoxy) is 2. The summed E-state index contributed by atoms with van der Waals surface area (Å²) in [5.41, 5.74) is 0.645. The van der Waals surface area contributed by atoms with Crippen LogP contribution in [0.4, 0.5) is 0 Å². The molecule has 0 saturated carbocycles. The highest BCUT2D eigenvalue weighted by Gasteiger charge is 2.36. The highest BCUT2D eigenvalue weighted by Crippen LogP contribution is 2.21. The first-order valence-electron chi connectivity index (χ1n) is 8.85. The van der Waals surface area contributed by atoms with E-state index in [1.807, 2.05) is 37.3 Å². The Kier molecular flexibility index (Phi) is 5.86. The van der Waals surface area contributed by atoms with Crippen LogP contribution in [-0.4, -0.2) is 48.8 Å². The van der Waals surface area contributed by atoms with Gasteiger partial charge in [0.2, 0.25) is 10.0 Å². The van der Waals surface area contributed by atoms with Crippen molar-refractivity contribution in [3.8, 4) is 11.5 Å². The summed E-state index contributed by atoms with van der Waals surface area (Å²) < 4.78 is 38.9. The summed E-state index contributed by atoms with van der Waals surface area (Å²) in [6.07, 6.45) is 0.194. The molecule has 27 heavy (non-hydrogen) atoms. The molecule has 146 valence electrons. The van der Waals surface area contributed by atoms with Crippen molar-refractivity contribution in [1.29, 1.82) is 0 Å². The summed E-state index contributed by atoms with van der Waals surface area (Å²) in [5, 5.41) is 0. The number of sulfonamides is 1. The summed E-state index contributed by atoms with van der Waals surface area (Å²) >= 11 is 0. The number of aryl methyl sites for hydroxylation is 1. The van der Waals surface area contributed by atoms with Crippen LogP contribution in [-0.2, 0) is 17.1 Å². The van der Waals surface area contributed by atoms with Crippen molar-refractivity contribution in [1.82, 2.24) is 8.87 Å². The van der Waals surface area contributed by atoms with Crippen LogP contribution in [0.5, 0.6) is 11.5 Å². The van der Waals surface area contributed by atoms with Gasteiger partial charge in [-0.15, -0.1) is 0 Å². The molecule has 3 rings (SSSR count). The highest BCUT2D eigenvalue weighted by molar-refractivity contribution is 7.89. The summed E-state index contributed by atoms with van der Waals surface area (Å²) in [5.74, 6) is 1.25. The minimum absolute atomic E-state index is 0.0392. The van der Waals surface area contributed by atoms with E-state index in [9.17, 15) is 13.2 Å². The minimum atomic E-state index is -3.32. The maximum absolute atomic E-state index is 12.3. The van der Waals surface area contributed by atoms with Gasteiger partial charge in [0.25, 0.3) is 5.56 Å². The van der Waals surface area contributed by atoms with Crippen molar-refractivity contribution < 1.29 is 17.9 Å². The molecule has 0 atom stereocenters. The summed E-state index contributed by atoms with van der Waals surface area (Å²) in [6, 6.07) is 12.5. The van der Waals surface area contributed by atoms with Crippen LogP contribution >= 0.6 is 0 Å². The smallest absolute Gasteiger partial charge is 0.254 e. The Morgan fingerprint density at radius 1 is 1.11 bits per heavy atom. The van der Waals surface area contributed by atoms with E-state index >= 15 is 0 Å². The van der Waals surface area contributed by atoms with Gasteiger partial charge in [0.05, 0.1) is 25.4 Å². The third-order valence-electron chi connectivity index (χ3n) is 4.55. The average Bonchev–Trinajstić information content (AvgIpc) is 2.60. The molecular formula is C19H24N2O5S. The van der Waals surface area contributed by atoms with E-state index in [4.69, 9.17) is 9.47 Å². The molecule has 1 saturated heterocycles. The third-order valence-corrected chi connectivity index (χ3v) is 6.44. The molecule has 1 aromatic heterocycles. The molecule has 0 aliphatic carbocycles. The summed E-state index contributed by atoms with van der Waals surface area (Å²) in [4.78, 5) is 11.8. The number of para-hydroxylation sites is 1. The fourth-order valence-electron chi connectivity index (χ4n) is 2.78. The molecule has 1 aliphatic rings. The van der Waals surface area contributed by atoms with Gasteiger partial charge < -0.3 is 14.0 Å². The highest BCUT2D eigenvalue weighted by atomic mass is 32.2. The SMILES string of the molecule is Cc1cc(OC2CN(S(=O)(=O)CCCOc3ccccc3)C2)cc(=O)n1C. The van der Waals surface area contributed by atoms with Crippen molar-refractivity contribution >= 4 is 10.0 Å².